The zero-order valence-corrected chi connectivity index (χ0v) is 18.2. The Kier molecular flexibility index (Phi) is 5.10. The minimum atomic E-state index is 0.0572. The number of aliphatic imine (C=N–C) groups is 1. The lowest BCUT2D eigenvalue weighted by Crippen LogP contribution is -2.28. The van der Waals surface area contributed by atoms with Crippen LogP contribution in [0.25, 0.3) is 0 Å². The molecule has 3 nitrogen and oxygen atoms in total. The number of pyridine rings is 1. The second-order valence-corrected chi connectivity index (χ2v) is 10.2. The smallest absolute Gasteiger partial charge is 0.160 e. The van der Waals surface area contributed by atoms with Gasteiger partial charge < -0.3 is 4.90 Å². The number of aromatic nitrogens is 1. The van der Waals surface area contributed by atoms with Gasteiger partial charge >= 0.3 is 0 Å². The standard InChI is InChI=1S/C24H23N3S2/c1-16-6-10-19(11-7-16)29-20-12-8-18(9-13-20)23-22(21-5-3-4-14-25-21)26-24-27(23)15-17(2)28-24/h3-14,17,22-23H,15H2,1-2H3. The Bertz CT molecular complexity index is 1020. The van der Waals surface area contributed by atoms with Gasteiger partial charge in [0, 0.05) is 27.8 Å². The van der Waals surface area contributed by atoms with Crippen LogP contribution in [0.4, 0.5) is 0 Å². The maximum Gasteiger partial charge on any atom is 0.160 e. The van der Waals surface area contributed by atoms with Crippen LogP contribution in [0.5, 0.6) is 0 Å². The minimum Gasteiger partial charge on any atom is -0.341 e. The van der Waals surface area contributed by atoms with Gasteiger partial charge in [0.2, 0.25) is 0 Å². The molecule has 2 aliphatic rings. The maximum atomic E-state index is 5.06. The summed E-state index contributed by atoms with van der Waals surface area (Å²) in [6, 6.07) is 24.1. The van der Waals surface area contributed by atoms with Crippen LogP contribution >= 0.6 is 23.5 Å². The molecular formula is C24H23N3S2. The molecule has 0 bridgehead atoms. The van der Waals surface area contributed by atoms with Crippen LogP contribution in [-0.2, 0) is 0 Å². The second-order valence-electron chi connectivity index (χ2n) is 7.62. The molecule has 146 valence electrons. The molecule has 0 saturated carbocycles. The number of thioether (sulfide) groups is 1. The SMILES string of the molecule is Cc1ccc(Sc2ccc(C3C(c4ccccn4)N=C4SC(C)CN43)cc2)cc1. The van der Waals surface area contributed by atoms with Crippen molar-refractivity contribution in [1.82, 2.24) is 9.88 Å². The molecule has 3 aromatic rings. The van der Waals surface area contributed by atoms with Crippen molar-refractivity contribution in [2.45, 2.75) is 41.0 Å². The summed E-state index contributed by atoms with van der Waals surface area (Å²) < 4.78 is 0. The second kappa shape index (κ2) is 7.88. The Labute approximate surface area is 180 Å². The predicted octanol–water partition coefficient (Wildman–Crippen LogP) is 6.13. The summed E-state index contributed by atoms with van der Waals surface area (Å²) in [5.41, 5.74) is 3.65. The molecule has 1 fully saturated rings. The first-order chi connectivity index (χ1) is 14.2. The molecule has 2 aliphatic heterocycles. The number of amidine groups is 1. The highest BCUT2D eigenvalue weighted by Crippen LogP contribution is 2.47. The molecule has 0 radical (unpaired) electrons. The van der Waals surface area contributed by atoms with Crippen molar-refractivity contribution in [2.75, 3.05) is 6.54 Å². The summed E-state index contributed by atoms with van der Waals surface area (Å²) in [5, 5.41) is 1.74. The molecule has 0 amide bonds. The van der Waals surface area contributed by atoms with Crippen molar-refractivity contribution in [1.29, 1.82) is 0 Å². The van der Waals surface area contributed by atoms with Crippen molar-refractivity contribution in [3.05, 3.63) is 89.7 Å². The monoisotopic (exact) mass is 417 g/mol. The van der Waals surface area contributed by atoms with Crippen molar-refractivity contribution in [2.24, 2.45) is 4.99 Å². The normalized spacial score (nSPS) is 23.2. The third-order valence-electron chi connectivity index (χ3n) is 5.36. The van der Waals surface area contributed by atoms with Gasteiger partial charge in [0.1, 0.15) is 6.04 Å². The lowest BCUT2D eigenvalue weighted by Gasteiger charge is -2.27. The van der Waals surface area contributed by atoms with Crippen LogP contribution in [0.2, 0.25) is 0 Å². The van der Waals surface area contributed by atoms with Crippen molar-refractivity contribution < 1.29 is 0 Å². The third-order valence-corrected chi connectivity index (χ3v) is 7.48. The fourth-order valence-corrected chi connectivity index (χ4v) is 5.86. The third kappa shape index (κ3) is 3.81. The van der Waals surface area contributed by atoms with Gasteiger partial charge in [-0.25, -0.2) is 0 Å². The number of nitrogens with zero attached hydrogens (tertiary/aromatic N) is 3. The molecule has 5 rings (SSSR count). The molecule has 5 heteroatoms. The highest BCUT2D eigenvalue weighted by atomic mass is 32.2. The molecule has 0 aliphatic carbocycles. The van der Waals surface area contributed by atoms with E-state index in [2.05, 4.69) is 84.4 Å². The summed E-state index contributed by atoms with van der Waals surface area (Å²) in [7, 11) is 0. The highest BCUT2D eigenvalue weighted by molar-refractivity contribution is 8.14. The van der Waals surface area contributed by atoms with Crippen molar-refractivity contribution in [3.63, 3.8) is 0 Å². The molecule has 1 aromatic heterocycles. The molecule has 29 heavy (non-hydrogen) atoms. The number of rotatable bonds is 4. The predicted molar refractivity (Wildman–Crippen MR) is 123 cm³/mol. The molecule has 2 aromatic carbocycles. The fraction of sp³-hybridized carbons (Fsp3) is 0.250. The molecule has 1 saturated heterocycles. The van der Waals surface area contributed by atoms with Crippen LogP contribution in [-0.4, -0.2) is 26.8 Å². The van der Waals surface area contributed by atoms with Crippen molar-refractivity contribution in [3.8, 4) is 0 Å². The Balaban J connectivity index is 1.42. The first kappa shape index (κ1) is 18.8. The molecule has 3 unspecified atom stereocenters. The Morgan fingerprint density at radius 2 is 1.69 bits per heavy atom. The molecule has 0 spiro atoms. The van der Waals surface area contributed by atoms with E-state index in [9.17, 15) is 0 Å². The van der Waals surface area contributed by atoms with Gasteiger partial charge in [0.15, 0.2) is 5.17 Å². The maximum absolute atomic E-state index is 5.06. The minimum absolute atomic E-state index is 0.0572. The van der Waals surface area contributed by atoms with E-state index in [0.717, 1.165) is 17.4 Å². The number of aryl methyl sites for hydroxylation is 1. The van der Waals surface area contributed by atoms with Gasteiger partial charge in [0.05, 0.1) is 11.7 Å². The van der Waals surface area contributed by atoms with Gasteiger partial charge in [0.25, 0.3) is 0 Å². The molecule has 3 heterocycles. The van der Waals surface area contributed by atoms with E-state index in [1.165, 1.54) is 20.9 Å². The van der Waals surface area contributed by atoms with E-state index in [1.54, 1.807) is 11.8 Å². The quantitative estimate of drug-likeness (QED) is 0.510. The Hall–Kier alpha value is -2.24. The Morgan fingerprint density at radius 1 is 0.966 bits per heavy atom. The van der Waals surface area contributed by atoms with E-state index in [-0.39, 0.29) is 12.1 Å². The zero-order valence-electron chi connectivity index (χ0n) is 16.5. The van der Waals surface area contributed by atoms with E-state index in [1.807, 2.05) is 24.0 Å². The van der Waals surface area contributed by atoms with Gasteiger partial charge in [-0.15, -0.1) is 0 Å². The lowest BCUT2D eigenvalue weighted by molar-refractivity contribution is 0.321. The van der Waals surface area contributed by atoms with E-state index >= 15 is 0 Å². The van der Waals surface area contributed by atoms with Crippen LogP contribution in [0.1, 0.15) is 35.8 Å². The molecular weight excluding hydrogens is 394 g/mol. The zero-order chi connectivity index (χ0) is 19.8. The fourth-order valence-electron chi connectivity index (χ4n) is 3.95. The number of hydrogen-bond donors (Lipinski definition) is 0. The summed E-state index contributed by atoms with van der Waals surface area (Å²) in [6.45, 7) is 5.44. The van der Waals surface area contributed by atoms with Gasteiger partial charge in [-0.05, 0) is 48.9 Å². The highest BCUT2D eigenvalue weighted by Gasteiger charge is 2.43. The van der Waals surface area contributed by atoms with Crippen molar-refractivity contribution >= 4 is 28.7 Å². The lowest BCUT2D eigenvalue weighted by atomic mass is 9.96. The molecule has 3 atom stereocenters. The van der Waals surface area contributed by atoms with E-state index in [0.29, 0.717) is 5.25 Å². The number of fused-ring (bicyclic) bond motifs is 1. The van der Waals surface area contributed by atoms with E-state index in [4.69, 9.17) is 4.99 Å². The number of benzene rings is 2. The van der Waals surface area contributed by atoms with Crippen LogP contribution in [0.15, 0.2) is 87.7 Å². The summed E-state index contributed by atoms with van der Waals surface area (Å²) in [5.74, 6) is 0. The summed E-state index contributed by atoms with van der Waals surface area (Å²) in [6.07, 6.45) is 1.87. The first-order valence-corrected chi connectivity index (χ1v) is 11.6. The Morgan fingerprint density at radius 3 is 2.38 bits per heavy atom. The van der Waals surface area contributed by atoms with E-state index < -0.39 is 0 Å². The number of hydrogen-bond acceptors (Lipinski definition) is 5. The van der Waals surface area contributed by atoms with Gasteiger partial charge in [-0.2, -0.15) is 0 Å². The largest absolute Gasteiger partial charge is 0.341 e. The average Bonchev–Trinajstić information content (AvgIpc) is 3.27. The van der Waals surface area contributed by atoms with Crippen LogP contribution in [0.3, 0.4) is 0 Å². The molecule has 0 N–H and O–H groups in total. The van der Waals surface area contributed by atoms with Gasteiger partial charge in [-0.3, -0.25) is 9.98 Å². The topological polar surface area (TPSA) is 28.5 Å². The van der Waals surface area contributed by atoms with Crippen LogP contribution in [0, 0.1) is 6.92 Å². The first-order valence-electron chi connectivity index (χ1n) is 9.94. The average molecular weight is 418 g/mol. The van der Waals surface area contributed by atoms with Gasteiger partial charge in [-0.1, -0.05) is 66.3 Å². The summed E-state index contributed by atoms with van der Waals surface area (Å²) in [4.78, 5) is 14.7. The summed E-state index contributed by atoms with van der Waals surface area (Å²) >= 11 is 3.69. The van der Waals surface area contributed by atoms with Crippen LogP contribution < -0.4 is 0 Å².